The Kier molecular flexibility index (Phi) is 4.22. The highest BCUT2D eigenvalue weighted by molar-refractivity contribution is 5.74. The van der Waals surface area contributed by atoms with Gasteiger partial charge in [0.2, 0.25) is 0 Å². The Morgan fingerprint density at radius 3 is 2.09 bits per heavy atom. The fourth-order valence-electron chi connectivity index (χ4n) is 6.79. The first kappa shape index (κ1) is 16.0. The first-order valence-corrected chi connectivity index (χ1v) is 10.2. The molecule has 0 spiro atoms. The Balaban J connectivity index is 1.44. The molecule has 5 aliphatic rings. The van der Waals surface area contributed by atoms with Crippen LogP contribution in [0.25, 0.3) is 0 Å². The van der Waals surface area contributed by atoms with Crippen LogP contribution in [-0.4, -0.2) is 12.1 Å². The summed E-state index contributed by atoms with van der Waals surface area (Å²) in [5.74, 6) is 5.50. The predicted molar refractivity (Wildman–Crippen MR) is 91.8 cm³/mol. The quantitative estimate of drug-likeness (QED) is 0.680. The van der Waals surface area contributed by atoms with Crippen LogP contribution < -0.4 is 0 Å². The zero-order chi connectivity index (χ0) is 16.1. The van der Waals surface area contributed by atoms with Crippen LogP contribution in [0.5, 0.6) is 0 Å². The second-order valence-corrected chi connectivity index (χ2v) is 9.76. The van der Waals surface area contributed by atoms with E-state index in [9.17, 15) is 4.79 Å². The summed E-state index contributed by atoms with van der Waals surface area (Å²) in [5, 5.41) is 0. The van der Waals surface area contributed by atoms with Crippen molar-refractivity contribution in [1.29, 1.82) is 0 Å². The van der Waals surface area contributed by atoms with Crippen LogP contribution in [0.4, 0.5) is 0 Å². The van der Waals surface area contributed by atoms with Gasteiger partial charge in [-0.2, -0.15) is 0 Å². The van der Waals surface area contributed by atoms with Gasteiger partial charge < -0.3 is 4.74 Å². The Bertz CT molecular complexity index is 427. The smallest absolute Gasteiger partial charge is 0.309 e. The summed E-state index contributed by atoms with van der Waals surface area (Å²) in [4.78, 5) is 13.1. The maximum absolute atomic E-state index is 13.1. The van der Waals surface area contributed by atoms with Crippen LogP contribution in [0.2, 0.25) is 0 Å². The number of carbonyl (C=O) groups excluding carboxylic acids is 1. The van der Waals surface area contributed by atoms with Crippen LogP contribution in [0, 0.1) is 47.3 Å². The van der Waals surface area contributed by atoms with Gasteiger partial charge in [-0.3, -0.25) is 4.79 Å². The number of ether oxygens (including phenoxy) is 1. The minimum atomic E-state index is 0.184. The van der Waals surface area contributed by atoms with Gasteiger partial charge in [-0.1, -0.05) is 27.2 Å². The largest absolute Gasteiger partial charge is 0.462 e. The molecule has 0 aliphatic heterocycles. The van der Waals surface area contributed by atoms with E-state index in [0.717, 1.165) is 18.3 Å². The van der Waals surface area contributed by atoms with E-state index in [-0.39, 0.29) is 18.0 Å². The summed E-state index contributed by atoms with van der Waals surface area (Å²) >= 11 is 0. The predicted octanol–water partition coefficient (Wildman–Crippen LogP) is 5.06. The molecule has 0 saturated heterocycles. The number of hydrogen-bond donors (Lipinski definition) is 0. The molecule has 5 aliphatic carbocycles. The van der Waals surface area contributed by atoms with Gasteiger partial charge in [0.1, 0.15) is 6.10 Å². The molecule has 23 heavy (non-hydrogen) atoms. The molecule has 0 heterocycles. The van der Waals surface area contributed by atoms with E-state index in [1.54, 1.807) is 0 Å². The monoisotopic (exact) mass is 318 g/mol. The van der Waals surface area contributed by atoms with Crippen molar-refractivity contribution in [3.8, 4) is 0 Å². The summed E-state index contributed by atoms with van der Waals surface area (Å²) in [6.07, 6.45) is 10.5. The Morgan fingerprint density at radius 1 is 0.913 bits per heavy atom. The van der Waals surface area contributed by atoms with E-state index in [1.807, 2.05) is 0 Å². The van der Waals surface area contributed by atoms with Crippen LogP contribution in [0.3, 0.4) is 0 Å². The van der Waals surface area contributed by atoms with Crippen molar-refractivity contribution in [1.82, 2.24) is 0 Å². The molecule has 4 bridgehead atoms. The van der Waals surface area contributed by atoms with Crippen molar-refractivity contribution in [3.05, 3.63) is 0 Å². The van der Waals surface area contributed by atoms with Crippen molar-refractivity contribution in [2.24, 2.45) is 47.3 Å². The molecule has 0 N–H and O–H groups in total. The topological polar surface area (TPSA) is 26.3 Å². The minimum absolute atomic E-state index is 0.184. The first-order valence-electron chi connectivity index (χ1n) is 10.2. The average molecular weight is 319 g/mol. The van der Waals surface area contributed by atoms with E-state index in [4.69, 9.17) is 4.74 Å². The second-order valence-electron chi connectivity index (χ2n) is 9.76. The highest BCUT2D eigenvalue weighted by Crippen LogP contribution is 2.57. The second kappa shape index (κ2) is 6.08. The highest BCUT2D eigenvalue weighted by atomic mass is 16.5. The molecule has 2 nitrogen and oxygen atoms in total. The van der Waals surface area contributed by atoms with Gasteiger partial charge in [-0.05, 0) is 86.4 Å². The fraction of sp³-hybridized carbons (Fsp3) is 0.952. The third kappa shape index (κ3) is 2.96. The molecule has 0 radical (unpaired) electrons. The van der Waals surface area contributed by atoms with E-state index in [1.165, 1.54) is 44.9 Å². The lowest BCUT2D eigenvalue weighted by Crippen LogP contribution is -2.49. The Morgan fingerprint density at radius 2 is 1.52 bits per heavy atom. The van der Waals surface area contributed by atoms with Gasteiger partial charge >= 0.3 is 5.97 Å². The van der Waals surface area contributed by atoms with Crippen LogP contribution in [0.1, 0.15) is 72.1 Å². The third-order valence-corrected chi connectivity index (χ3v) is 7.73. The minimum Gasteiger partial charge on any atom is -0.462 e. The molecule has 5 saturated carbocycles. The molecule has 0 unspecified atom stereocenters. The van der Waals surface area contributed by atoms with Gasteiger partial charge in [0.25, 0.3) is 0 Å². The standard InChI is InChI=1S/C21H34O2/c1-12(2)18-5-4-13(3)6-19(18)23-21(22)20-16-8-14-7-15(10-16)11-17(20)9-14/h12-20H,4-11H2,1-3H3/t13-,14?,15?,16?,17?,18+,19-,20?/m1/s1. The first-order chi connectivity index (χ1) is 11.0. The Labute approximate surface area is 141 Å². The van der Waals surface area contributed by atoms with Crippen molar-refractivity contribution in [2.75, 3.05) is 0 Å². The van der Waals surface area contributed by atoms with Crippen molar-refractivity contribution in [3.63, 3.8) is 0 Å². The van der Waals surface area contributed by atoms with E-state index >= 15 is 0 Å². The van der Waals surface area contributed by atoms with Crippen molar-refractivity contribution in [2.45, 2.75) is 78.2 Å². The molecule has 0 amide bonds. The van der Waals surface area contributed by atoms with E-state index in [2.05, 4.69) is 20.8 Å². The molecule has 2 heteroatoms. The van der Waals surface area contributed by atoms with E-state index < -0.39 is 0 Å². The summed E-state index contributed by atoms with van der Waals surface area (Å²) in [7, 11) is 0. The van der Waals surface area contributed by atoms with Crippen LogP contribution in [-0.2, 0) is 9.53 Å². The molecular formula is C21H34O2. The SMILES string of the molecule is CC(C)[C@@H]1CC[C@@H](C)C[C@H]1OC(=O)C1C2CC3CC(C2)CC1C3. The molecular weight excluding hydrogens is 284 g/mol. The average Bonchev–Trinajstić information content (AvgIpc) is 2.45. The molecule has 0 aromatic rings. The maximum Gasteiger partial charge on any atom is 0.309 e. The van der Waals surface area contributed by atoms with Crippen LogP contribution >= 0.6 is 0 Å². The van der Waals surface area contributed by atoms with Crippen molar-refractivity contribution < 1.29 is 9.53 Å². The van der Waals surface area contributed by atoms with Crippen molar-refractivity contribution >= 4 is 5.97 Å². The maximum atomic E-state index is 13.1. The zero-order valence-corrected chi connectivity index (χ0v) is 15.2. The number of esters is 1. The summed E-state index contributed by atoms with van der Waals surface area (Å²) in [6, 6.07) is 0. The molecule has 0 aromatic heterocycles. The van der Waals surface area contributed by atoms with Crippen LogP contribution in [0.15, 0.2) is 0 Å². The number of rotatable bonds is 3. The molecule has 5 fully saturated rings. The van der Waals surface area contributed by atoms with Gasteiger partial charge in [-0.25, -0.2) is 0 Å². The normalized spacial score (nSPS) is 48.7. The summed E-state index contributed by atoms with van der Waals surface area (Å²) in [5.41, 5.74) is 0. The highest BCUT2D eigenvalue weighted by Gasteiger charge is 2.52. The van der Waals surface area contributed by atoms with Gasteiger partial charge in [0, 0.05) is 0 Å². The molecule has 3 atom stereocenters. The lowest BCUT2D eigenvalue weighted by atomic mass is 9.52. The van der Waals surface area contributed by atoms with Gasteiger partial charge in [0.05, 0.1) is 5.92 Å². The lowest BCUT2D eigenvalue weighted by Gasteiger charge is -2.53. The summed E-state index contributed by atoms with van der Waals surface area (Å²) < 4.78 is 6.22. The lowest BCUT2D eigenvalue weighted by molar-refractivity contribution is -0.174. The molecule has 5 rings (SSSR count). The molecule has 0 aromatic carbocycles. The third-order valence-electron chi connectivity index (χ3n) is 7.73. The Hall–Kier alpha value is -0.530. The van der Waals surface area contributed by atoms with Gasteiger partial charge in [-0.15, -0.1) is 0 Å². The number of carbonyl (C=O) groups is 1. The molecule has 130 valence electrons. The summed E-state index contributed by atoms with van der Waals surface area (Å²) in [6.45, 7) is 6.91. The zero-order valence-electron chi connectivity index (χ0n) is 15.2. The van der Waals surface area contributed by atoms with E-state index in [0.29, 0.717) is 29.6 Å². The number of hydrogen-bond acceptors (Lipinski definition) is 2. The fourth-order valence-corrected chi connectivity index (χ4v) is 6.79. The van der Waals surface area contributed by atoms with Gasteiger partial charge in [0.15, 0.2) is 0 Å².